The van der Waals surface area contributed by atoms with Crippen LogP contribution in [0.1, 0.15) is 5.69 Å². The molecule has 0 amide bonds. The fourth-order valence-corrected chi connectivity index (χ4v) is 1.39. The van der Waals surface area contributed by atoms with Crippen molar-refractivity contribution in [2.45, 2.75) is 12.5 Å². The largest absolute Gasteiger partial charge is 0.383 e. The Labute approximate surface area is 85.7 Å². The van der Waals surface area contributed by atoms with Gasteiger partial charge in [0.2, 0.25) is 0 Å². The summed E-state index contributed by atoms with van der Waals surface area (Å²) in [6.07, 6.45) is 3.92. The van der Waals surface area contributed by atoms with Crippen LogP contribution in [-0.4, -0.2) is 29.7 Å². The Kier molecular flexibility index (Phi) is 4.27. The minimum atomic E-state index is -0.0174. The molecule has 13 heavy (non-hydrogen) atoms. The molecule has 1 unspecified atom stereocenters. The van der Waals surface area contributed by atoms with Crippen molar-refractivity contribution in [2.24, 2.45) is 5.73 Å². The van der Waals surface area contributed by atoms with E-state index in [1.165, 1.54) is 6.33 Å². The van der Waals surface area contributed by atoms with Gasteiger partial charge in [-0.1, -0.05) is 0 Å². The van der Waals surface area contributed by atoms with E-state index in [0.29, 0.717) is 13.0 Å². The van der Waals surface area contributed by atoms with Crippen LogP contribution < -0.4 is 5.73 Å². The van der Waals surface area contributed by atoms with E-state index < -0.39 is 0 Å². The van der Waals surface area contributed by atoms with Crippen molar-refractivity contribution in [3.63, 3.8) is 0 Å². The van der Waals surface area contributed by atoms with Crippen molar-refractivity contribution in [2.75, 3.05) is 13.7 Å². The van der Waals surface area contributed by atoms with Gasteiger partial charge in [0.25, 0.3) is 0 Å². The third-order valence-corrected chi connectivity index (χ3v) is 2.24. The van der Waals surface area contributed by atoms with Crippen LogP contribution in [0.4, 0.5) is 0 Å². The number of aromatic nitrogens is 2. The predicted molar refractivity (Wildman–Crippen MR) is 53.3 cm³/mol. The normalized spacial score (nSPS) is 12.8. The second-order valence-corrected chi connectivity index (χ2v) is 3.59. The molecule has 1 rings (SSSR count). The first-order chi connectivity index (χ1) is 6.24. The molecule has 1 atom stereocenters. The first kappa shape index (κ1) is 10.6. The lowest BCUT2D eigenvalue weighted by Gasteiger charge is -2.09. The van der Waals surface area contributed by atoms with Crippen LogP contribution in [0, 0.1) is 0 Å². The van der Waals surface area contributed by atoms with Crippen LogP contribution in [0.25, 0.3) is 0 Å². The molecule has 0 aromatic carbocycles. The fourth-order valence-electron chi connectivity index (χ4n) is 1.01. The topological polar surface area (TPSA) is 61.0 Å². The van der Waals surface area contributed by atoms with Gasteiger partial charge in [-0.15, -0.1) is 0 Å². The molecule has 5 heteroatoms. The average Bonchev–Trinajstić information content (AvgIpc) is 2.09. The highest BCUT2D eigenvalue weighted by Gasteiger charge is 2.07. The fraction of sp³-hybridized carbons (Fsp3) is 0.500. The molecule has 0 aliphatic heterocycles. The highest BCUT2D eigenvalue weighted by atomic mass is 79.9. The number of methoxy groups -OCH3 is 1. The Bertz CT molecular complexity index is 269. The molecular weight excluding hydrogens is 234 g/mol. The summed E-state index contributed by atoms with van der Waals surface area (Å²) >= 11 is 3.35. The summed E-state index contributed by atoms with van der Waals surface area (Å²) in [5.41, 5.74) is 6.70. The van der Waals surface area contributed by atoms with Gasteiger partial charge in [-0.05, 0) is 15.9 Å². The lowest BCUT2D eigenvalue weighted by Crippen LogP contribution is -2.28. The highest BCUT2D eigenvalue weighted by molar-refractivity contribution is 9.10. The third-order valence-electron chi connectivity index (χ3n) is 1.58. The number of halogens is 1. The Morgan fingerprint density at radius 2 is 2.46 bits per heavy atom. The van der Waals surface area contributed by atoms with Gasteiger partial charge in [-0.3, -0.25) is 0 Å². The van der Waals surface area contributed by atoms with Crippen molar-refractivity contribution in [1.29, 1.82) is 0 Å². The zero-order valence-corrected chi connectivity index (χ0v) is 8.99. The van der Waals surface area contributed by atoms with Gasteiger partial charge in [0.05, 0.1) is 16.8 Å². The Hall–Kier alpha value is -0.520. The summed E-state index contributed by atoms with van der Waals surface area (Å²) in [6, 6.07) is -0.0174. The smallest absolute Gasteiger partial charge is 0.115 e. The van der Waals surface area contributed by atoms with Gasteiger partial charge >= 0.3 is 0 Å². The Balaban J connectivity index is 2.58. The predicted octanol–water partition coefficient (Wildman–Crippen LogP) is 0.755. The molecule has 4 nitrogen and oxygen atoms in total. The second-order valence-electron chi connectivity index (χ2n) is 2.74. The van der Waals surface area contributed by atoms with E-state index >= 15 is 0 Å². The molecule has 0 radical (unpaired) electrons. The van der Waals surface area contributed by atoms with E-state index in [1.54, 1.807) is 13.3 Å². The number of nitrogens with two attached hydrogens (primary N) is 1. The van der Waals surface area contributed by atoms with Crippen LogP contribution in [0.3, 0.4) is 0 Å². The van der Waals surface area contributed by atoms with E-state index in [1.807, 2.05) is 0 Å². The molecule has 2 N–H and O–H groups in total. The highest BCUT2D eigenvalue weighted by Crippen LogP contribution is 2.12. The number of nitrogens with zero attached hydrogens (tertiary/aromatic N) is 2. The first-order valence-electron chi connectivity index (χ1n) is 3.93. The molecule has 0 saturated carbocycles. The minimum absolute atomic E-state index is 0.0174. The summed E-state index contributed by atoms with van der Waals surface area (Å²) in [5, 5.41) is 0. The van der Waals surface area contributed by atoms with Crippen molar-refractivity contribution in [1.82, 2.24) is 9.97 Å². The number of hydrogen-bond donors (Lipinski definition) is 1. The molecule has 0 aliphatic carbocycles. The second kappa shape index (κ2) is 5.26. The maximum absolute atomic E-state index is 5.78. The van der Waals surface area contributed by atoms with Gasteiger partial charge in [0.15, 0.2) is 0 Å². The molecule has 1 aromatic heterocycles. The van der Waals surface area contributed by atoms with Crippen LogP contribution in [0.5, 0.6) is 0 Å². The van der Waals surface area contributed by atoms with E-state index in [4.69, 9.17) is 10.5 Å². The Morgan fingerprint density at radius 3 is 3.08 bits per heavy atom. The summed E-state index contributed by atoms with van der Waals surface area (Å²) in [5.74, 6) is 0. The molecule has 72 valence electrons. The zero-order valence-electron chi connectivity index (χ0n) is 7.40. The summed E-state index contributed by atoms with van der Waals surface area (Å²) in [7, 11) is 1.63. The van der Waals surface area contributed by atoms with Gasteiger partial charge < -0.3 is 10.5 Å². The van der Waals surface area contributed by atoms with Gasteiger partial charge in [-0.2, -0.15) is 0 Å². The summed E-state index contributed by atoms with van der Waals surface area (Å²) < 4.78 is 5.82. The summed E-state index contributed by atoms with van der Waals surface area (Å²) in [6.45, 7) is 0.538. The maximum Gasteiger partial charge on any atom is 0.115 e. The molecule has 0 saturated heterocycles. The molecule has 0 spiro atoms. The van der Waals surface area contributed by atoms with Crippen molar-refractivity contribution in [3.8, 4) is 0 Å². The lowest BCUT2D eigenvalue weighted by molar-refractivity contribution is 0.179. The molecule has 1 aromatic rings. The average molecular weight is 246 g/mol. The molecule has 1 heterocycles. The van der Waals surface area contributed by atoms with Crippen molar-refractivity contribution >= 4 is 15.9 Å². The van der Waals surface area contributed by atoms with Crippen molar-refractivity contribution < 1.29 is 4.74 Å². The summed E-state index contributed by atoms with van der Waals surface area (Å²) in [4.78, 5) is 7.98. The van der Waals surface area contributed by atoms with Gasteiger partial charge in [0.1, 0.15) is 6.33 Å². The zero-order chi connectivity index (χ0) is 9.68. The van der Waals surface area contributed by atoms with Gasteiger partial charge in [0, 0.05) is 25.8 Å². The number of ether oxygens (including phenoxy) is 1. The van der Waals surface area contributed by atoms with E-state index in [-0.39, 0.29) is 6.04 Å². The molecule has 0 bridgehead atoms. The lowest BCUT2D eigenvalue weighted by atomic mass is 10.2. The first-order valence-corrected chi connectivity index (χ1v) is 4.72. The van der Waals surface area contributed by atoms with E-state index in [2.05, 4.69) is 25.9 Å². The Morgan fingerprint density at radius 1 is 1.69 bits per heavy atom. The minimum Gasteiger partial charge on any atom is -0.383 e. The van der Waals surface area contributed by atoms with Crippen LogP contribution in [-0.2, 0) is 11.2 Å². The van der Waals surface area contributed by atoms with E-state index in [0.717, 1.165) is 10.2 Å². The molecular formula is C8H12BrN3O. The van der Waals surface area contributed by atoms with Crippen LogP contribution in [0.15, 0.2) is 17.0 Å². The van der Waals surface area contributed by atoms with Crippen molar-refractivity contribution in [3.05, 3.63) is 22.7 Å². The SMILES string of the molecule is COCC(N)Cc1ncncc1Br. The van der Waals surface area contributed by atoms with Crippen LogP contribution >= 0.6 is 15.9 Å². The van der Waals surface area contributed by atoms with Crippen LogP contribution in [0.2, 0.25) is 0 Å². The molecule has 0 fully saturated rings. The maximum atomic E-state index is 5.78. The van der Waals surface area contributed by atoms with Gasteiger partial charge in [-0.25, -0.2) is 9.97 Å². The van der Waals surface area contributed by atoms with E-state index in [9.17, 15) is 0 Å². The molecule has 0 aliphatic rings. The third kappa shape index (κ3) is 3.38. The number of hydrogen-bond acceptors (Lipinski definition) is 4. The number of rotatable bonds is 4. The standard InChI is InChI=1S/C8H12BrN3O/c1-13-4-6(10)2-8-7(9)3-11-5-12-8/h3,5-6H,2,4,10H2,1H3. The quantitative estimate of drug-likeness (QED) is 0.851. The monoisotopic (exact) mass is 245 g/mol.